The van der Waals surface area contributed by atoms with Crippen LogP contribution in [0.2, 0.25) is 0 Å². The summed E-state index contributed by atoms with van der Waals surface area (Å²) >= 11 is 0. The molecule has 0 fully saturated rings. The molecular weight excluding hydrogens is 260 g/mol. The highest BCUT2D eigenvalue weighted by Gasteiger charge is 2.25. The van der Waals surface area contributed by atoms with Gasteiger partial charge in [-0.1, -0.05) is 0 Å². The summed E-state index contributed by atoms with van der Waals surface area (Å²) in [4.78, 5) is -0.530. The number of halogens is 2. The number of nitrogens with zero attached hydrogens (tertiary/aromatic N) is 1. The Morgan fingerprint density at radius 3 is 2.44 bits per heavy atom. The predicted octanol–water partition coefficient (Wildman–Crippen LogP) is 2.68. The maximum atomic E-state index is 13.4. The van der Waals surface area contributed by atoms with Crippen LogP contribution in [-0.2, 0) is 9.84 Å². The van der Waals surface area contributed by atoms with Crippen molar-refractivity contribution in [3.8, 4) is 6.07 Å². The number of benzene rings is 1. The lowest BCUT2D eigenvalue weighted by molar-refractivity contribution is 0.472. The first-order valence-corrected chi connectivity index (χ1v) is 6.92. The molecule has 0 heterocycles. The summed E-state index contributed by atoms with van der Waals surface area (Å²) < 4.78 is 49.8. The first-order valence-electron chi connectivity index (χ1n) is 5.27. The molecule has 3 nitrogen and oxygen atoms in total. The quantitative estimate of drug-likeness (QED) is 0.792. The number of rotatable bonds is 4. The second-order valence-electron chi connectivity index (χ2n) is 4.64. The van der Waals surface area contributed by atoms with Gasteiger partial charge in [0.25, 0.3) is 0 Å². The minimum absolute atomic E-state index is 0.0860. The van der Waals surface area contributed by atoms with Crippen LogP contribution in [0.4, 0.5) is 8.78 Å². The molecule has 1 rings (SSSR count). The fourth-order valence-corrected chi connectivity index (χ4v) is 2.91. The van der Waals surface area contributed by atoms with Crippen LogP contribution in [0.1, 0.15) is 20.3 Å². The Bertz CT molecular complexity index is 589. The van der Waals surface area contributed by atoms with Crippen LogP contribution in [0, 0.1) is 28.4 Å². The van der Waals surface area contributed by atoms with Gasteiger partial charge in [-0.2, -0.15) is 5.26 Å². The normalized spacial score (nSPS) is 12.2. The molecular formula is C12H13F2NO2S. The minimum atomic E-state index is -3.84. The van der Waals surface area contributed by atoms with Gasteiger partial charge in [0, 0.05) is 6.07 Å². The van der Waals surface area contributed by atoms with E-state index in [0.717, 1.165) is 12.1 Å². The molecule has 98 valence electrons. The molecule has 0 bridgehead atoms. The van der Waals surface area contributed by atoms with Gasteiger partial charge in [-0.15, -0.1) is 0 Å². The van der Waals surface area contributed by atoms with Gasteiger partial charge in [0.1, 0.15) is 16.5 Å². The molecule has 0 aromatic heterocycles. The number of hydrogen-bond donors (Lipinski definition) is 0. The number of hydrogen-bond acceptors (Lipinski definition) is 3. The van der Waals surface area contributed by atoms with E-state index in [2.05, 4.69) is 0 Å². The van der Waals surface area contributed by atoms with Gasteiger partial charge in [0.05, 0.1) is 17.2 Å². The van der Waals surface area contributed by atoms with Gasteiger partial charge >= 0.3 is 0 Å². The molecule has 0 unspecified atom stereocenters. The van der Waals surface area contributed by atoms with Crippen molar-refractivity contribution in [3.63, 3.8) is 0 Å². The van der Waals surface area contributed by atoms with Gasteiger partial charge < -0.3 is 0 Å². The largest absolute Gasteiger partial charge is 0.224 e. The molecule has 6 heteroatoms. The highest BCUT2D eigenvalue weighted by molar-refractivity contribution is 7.91. The van der Waals surface area contributed by atoms with Crippen LogP contribution in [0.5, 0.6) is 0 Å². The Balaban J connectivity index is 2.98. The molecule has 0 spiro atoms. The first kappa shape index (κ1) is 14.6. The van der Waals surface area contributed by atoms with Gasteiger partial charge in [-0.3, -0.25) is 0 Å². The van der Waals surface area contributed by atoms with Crippen molar-refractivity contribution >= 4 is 9.84 Å². The molecule has 1 aromatic carbocycles. The van der Waals surface area contributed by atoms with Gasteiger partial charge in [-0.25, -0.2) is 17.2 Å². The smallest absolute Gasteiger partial charge is 0.181 e. The minimum Gasteiger partial charge on any atom is -0.224 e. The lowest BCUT2D eigenvalue weighted by Gasteiger charge is -2.14. The molecule has 0 aliphatic rings. The van der Waals surface area contributed by atoms with E-state index in [1.807, 2.05) is 6.07 Å². The first-order chi connectivity index (χ1) is 8.18. The van der Waals surface area contributed by atoms with Gasteiger partial charge in [0.15, 0.2) is 9.84 Å². The average Bonchev–Trinajstić information content (AvgIpc) is 2.26. The summed E-state index contributed by atoms with van der Waals surface area (Å²) in [7, 11) is -3.84. The molecule has 0 saturated carbocycles. The molecule has 0 aliphatic carbocycles. The van der Waals surface area contributed by atoms with E-state index in [0.29, 0.717) is 6.07 Å². The van der Waals surface area contributed by atoms with Crippen LogP contribution >= 0.6 is 0 Å². The van der Waals surface area contributed by atoms with Crippen molar-refractivity contribution in [2.24, 2.45) is 5.41 Å². The third-order valence-corrected chi connectivity index (χ3v) is 4.27. The zero-order valence-corrected chi connectivity index (χ0v) is 10.9. The highest BCUT2D eigenvalue weighted by Crippen LogP contribution is 2.23. The van der Waals surface area contributed by atoms with E-state index < -0.39 is 31.8 Å². The number of nitriles is 1. The van der Waals surface area contributed by atoms with E-state index in [1.54, 1.807) is 13.8 Å². The second-order valence-corrected chi connectivity index (χ2v) is 6.72. The summed E-state index contributed by atoms with van der Waals surface area (Å²) in [5, 5.41) is 8.78. The van der Waals surface area contributed by atoms with E-state index >= 15 is 0 Å². The van der Waals surface area contributed by atoms with Crippen molar-refractivity contribution in [3.05, 3.63) is 29.8 Å². The predicted molar refractivity (Wildman–Crippen MR) is 62.4 cm³/mol. The van der Waals surface area contributed by atoms with Crippen LogP contribution in [0.25, 0.3) is 0 Å². The Morgan fingerprint density at radius 1 is 1.33 bits per heavy atom. The molecule has 18 heavy (non-hydrogen) atoms. The number of sulfone groups is 1. The fourth-order valence-electron chi connectivity index (χ4n) is 1.28. The van der Waals surface area contributed by atoms with E-state index in [4.69, 9.17) is 5.26 Å². The van der Waals surface area contributed by atoms with E-state index in [-0.39, 0.29) is 12.2 Å². The maximum absolute atomic E-state index is 13.4. The van der Waals surface area contributed by atoms with Crippen molar-refractivity contribution in [1.29, 1.82) is 5.26 Å². The van der Waals surface area contributed by atoms with Crippen LogP contribution in [0.3, 0.4) is 0 Å². The Kier molecular flexibility index (Phi) is 4.07. The monoisotopic (exact) mass is 273 g/mol. The lowest BCUT2D eigenvalue weighted by atomic mass is 9.93. The summed E-state index contributed by atoms with van der Waals surface area (Å²) in [5.74, 6) is -2.29. The molecule has 0 aliphatic heterocycles. The van der Waals surface area contributed by atoms with Crippen molar-refractivity contribution in [2.75, 3.05) is 5.75 Å². The molecule has 0 N–H and O–H groups in total. The van der Waals surface area contributed by atoms with Crippen molar-refractivity contribution < 1.29 is 17.2 Å². The Hall–Kier alpha value is -1.48. The van der Waals surface area contributed by atoms with Crippen molar-refractivity contribution in [1.82, 2.24) is 0 Å². The van der Waals surface area contributed by atoms with E-state index in [9.17, 15) is 17.2 Å². The zero-order chi connectivity index (χ0) is 14.0. The third kappa shape index (κ3) is 3.50. The maximum Gasteiger partial charge on any atom is 0.181 e. The van der Waals surface area contributed by atoms with Gasteiger partial charge in [-0.05, 0) is 32.4 Å². The third-order valence-electron chi connectivity index (χ3n) is 2.53. The van der Waals surface area contributed by atoms with E-state index in [1.165, 1.54) is 0 Å². The topological polar surface area (TPSA) is 57.9 Å². The molecule has 0 amide bonds. The van der Waals surface area contributed by atoms with Crippen LogP contribution in [-0.4, -0.2) is 14.2 Å². The van der Waals surface area contributed by atoms with Gasteiger partial charge in [0.2, 0.25) is 0 Å². The summed E-state index contributed by atoms with van der Waals surface area (Å²) in [6.07, 6.45) is 0.0860. The lowest BCUT2D eigenvalue weighted by Crippen LogP contribution is -2.17. The SMILES string of the molecule is CC(C)(C#N)CCS(=O)(=O)c1ccc(F)cc1F. The summed E-state index contributed by atoms with van der Waals surface area (Å²) in [6.45, 7) is 3.20. The summed E-state index contributed by atoms with van der Waals surface area (Å²) in [5.41, 5.74) is -0.802. The standard InChI is InChI=1S/C12H13F2NO2S/c1-12(2,8-15)5-6-18(16,17)11-4-3-9(13)7-10(11)14/h3-4,7H,5-6H2,1-2H3. The molecule has 1 aromatic rings. The fraction of sp³-hybridized carbons (Fsp3) is 0.417. The van der Waals surface area contributed by atoms with Crippen LogP contribution < -0.4 is 0 Å². The molecule has 0 atom stereocenters. The second kappa shape index (κ2) is 5.02. The van der Waals surface area contributed by atoms with Crippen LogP contribution in [0.15, 0.2) is 23.1 Å². The Morgan fingerprint density at radius 2 is 1.94 bits per heavy atom. The summed E-state index contributed by atoms with van der Waals surface area (Å²) in [6, 6.07) is 4.30. The zero-order valence-electron chi connectivity index (χ0n) is 10.1. The molecule has 0 radical (unpaired) electrons. The van der Waals surface area contributed by atoms with Crippen molar-refractivity contribution in [2.45, 2.75) is 25.2 Å². The highest BCUT2D eigenvalue weighted by atomic mass is 32.2. The average molecular weight is 273 g/mol. The molecule has 0 saturated heterocycles. The Labute approximate surface area is 105 Å².